The molecule has 4 nitrogen and oxygen atoms in total. The summed E-state index contributed by atoms with van der Waals surface area (Å²) in [5, 5.41) is 10.5. The van der Waals surface area contributed by atoms with Crippen molar-refractivity contribution in [1.82, 2.24) is 9.80 Å². The van der Waals surface area contributed by atoms with E-state index >= 15 is 0 Å². The number of piperazine rings is 1. The minimum Gasteiger partial charge on any atom is -0.480 e. The molecule has 1 heterocycles. The molecule has 1 N–H and O–H groups in total. The van der Waals surface area contributed by atoms with Gasteiger partial charge < -0.3 is 5.11 Å². The van der Waals surface area contributed by atoms with E-state index in [9.17, 15) is 9.90 Å². The normalized spacial score (nSPS) is 21.7. The second-order valence-corrected chi connectivity index (χ2v) is 6.41. The maximum Gasteiger partial charge on any atom is 0.325 e. The molecule has 0 amide bonds. The molecular weight excluding hydrogens is 323 g/mol. The Morgan fingerprint density at radius 1 is 1.32 bits per heavy atom. The van der Waals surface area contributed by atoms with Crippen LogP contribution in [-0.2, 0) is 4.79 Å². The SMILES string of the molecule is CCC1CN(C(C(=O)O)c2ccc(Cl)c(Cl)c2)CCN1CC. The van der Waals surface area contributed by atoms with Crippen LogP contribution in [0.15, 0.2) is 18.2 Å². The third kappa shape index (κ3) is 3.74. The van der Waals surface area contributed by atoms with Gasteiger partial charge in [-0.3, -0.25) is 14.6 Å². The molecule has 122 valence electrons. The standard InChI is InChI=1S/C16H22Cl2N2O2/c1-3-12-10-20(8-7-19(12)4-2)15(16(21)22)11-5-6-13(17)14(18)9-11/h5-6,9,12,15H,3-4,7-8,10H2,1-2H3,(H,21,22). The lowest BCUT2D eigenvalue weighted by atomic mass is 10.0. The van der Waals surface area contributed by atoms with Crippen LogP contribution in [0.2, 0.25) is 10.0 Å². The molecule has 0 aliphatic carbocycles. The number of aliphatic carboxylic acids is 1. The van der Waals surface area contributed by atoms with Crippen molar-refractivity contribution >= 4 is 29.2 Å². The molecule has 1 aliphatic heterocycles. The maximum absolute atomic E-state index is 11.8. The third-order valence-electron chi connectivity index (χ3n) is 4.37. The number of carboxylic acids is 1. The van der Waals surface area contributed by atoms with Crippen LogP contribution >= 0.6 is 23.2 Å². The molecule has 1 fully saturated rings. The number of benzene rings is 1. The molecule has 0 bridgehead atoms. The second kappa shape index (κ2) is 7.64. The molecule has 22 heavy (non-hydrogen) atoms. The summed E-state index contributed by atoms with van der Waals surface area (Å²) in [6, 6.07) is 4.79. The Kier molecular flexibility index (Phi) is 6.09. The van der Waals surface area contributed by atoms with Gasteiger partial charge in [0.1, 0.15) is 6.04 Å². The van der Waals surface area contributed by atoms with Crippen molar-refractivity contribution < 1.29 is 9.90 Å². The van der Waals surface area contributed by atoms with E-state index in [0.717, 1.165) is 32.6 Å². The van der Waals surface area contributed by atoms with Gasteiger partial charge in [-0.2, -0.15) is 0 Å². The highest BCUT2D eigenvalue weighted by Crippen LogP contribution is 2.30. The van der Waals surface area contributed by atoms with Gasteiger partial charge in [-0.05, 0) is 30.7 Å². The van der Waals surface area contributed by atoms with E-state index in [-0.39, 0.29) is 0 Å². The lowest BCUT2D eigenvalue weighted by molar-refractivity contribution is -0.145. The highest BCUT2D eigenvalue weighted by molar-refractivity contribution is 6.42. The van der Waals surface area contributed by atoms with E-state index in [1.165, 1.54) is 0 Å². The van der Waals surface area contributed by atoms with Gasteiger partial charge in [-0.1, -0.05) is 43.1 Å². The Morgan fingerprint density at radius 2 is 2.05 bits per heavy atom. The van der Waals surface area contributed by atoms with Crippen molar-refractivity contribution in [3.8, 4) is 0 Å². The summed E-state index contributed by atoms with van der Waals surface area (Å²) in [5.74, 6) is -0.849. The summed E-state index contributed by atoms with van der Waals surface area (Å²) in [6.07, 6.45) is 1.01. The Hall–Kier alpha value is -0.810. The molecule has 0 saturated carbocycles. The van der Waals surface area contributed by atoms with Gasteiger partial charge in [0.05, 0.1) is 10.0 Å². The van der Waals surface area contributed by atoms with Crippen molar-refractivity contribution in [3.63, 3.8) is 0 Å². The number of hydrogen-bond donors (Lipinski definition) is 1. The Morgan fingerprint density at radius 3 is 2.59 bits per heavy atom. The highest BCUT2D eigenvalue weighted by atomic mass is 35.5. The number of halogens is 2. The monoisotopic (exact) mass is 344 g/mol. The minimum atomic E-state index is -0.849. The van der Waals surface area contributed by atoms with Crippen molar-refractivity contribution in [2.45, 2.75) is 32.4 Å². The fourth-order valence-corrected chi connectivity index (χ4v) is 3.45. The molecule has 0 spiro atoms. The van der Waals surface area contributed by atoms with Crippen LogP contribution in [-0.4, -0.2) is 53.1 Å². The van der Waals surface area contributed by atoms with Crippen molar-refractivity contribution in [1.29, 1.82) is 0 Å². The molecule has 0 aromatic heterocycles. The molecule has 2 rings (SSSR count). The van der Waals surface area contributed by atoms with E-state index < -0.39 is 12.0 Å². The molecule has 2 unspecified atom stereocenters. The summed E-state index contributed by atoms with van der Waals surface area (Å²) in [7, 11) is 0. The maximum atomic E-state index is 11.8. The first kappa shape index (κ1) is 17.5. The van der Waals surface area contributed by atoms with E-state index in [2.05, 4.69) is 18.7 Å². The average molecular weight is 345 g/mol. The number of carboxylic acid groups (broad SMARTS) is 1. The Bertz CT molecular complexity index is 539. The molecule has 1 aromatic carbocycles. The van der Waals surface area contributed by atoms with Gasteiger partial charge in [-0.25, -0.2) is 0 Å². The van der Waals surface area contributed by atoms with Crippen molar-refractivity contribution in [2.75, 3.05) is 26.2 Å². The zero-order valence-corrected chi connectivity index (χ0v) is 14.4. The fraction of sp³-hybridized carbons (Fsp3) is 0.562. The van der Waals surface area contributed by atoms with E-state index in [4.69, 9.17) is 23.2 Å². The number of rotatable bonds is 5. The minimum absolute atomic E-state index is 0.392. The highest BCUT2D eigenvalue weighted by Gasteiger charge is 2.33. The quantitative estimate of drug-likeness (QED) is 0.887. The van der Waals surface area contributed by atoms with Crippen LogP contribution in [0.25, 0.3) is 0 Å². The molecule has 2 atom stereocenters. The summed E-state index contributed by atoms with van der Waals surface area (Å²) >= 11 is 12.0. The Labute approximate surface area is 141 Å². The van der Waals surface area contributed by atoms with Crippen LogP contribution in [0.1, 0.15) is 31.9 Å². The van der Waals surface area contributed by atoms with E-state index in [1.54, 1.807) is 18.2 Å². The van der Waals surface area contributed by atoms with Crippen molar-refractivity contribution in [3.05, 3.63) is 33.8 Å². The van der Waals surface area contributed by atoms with Gasteiger partial charge in [-0.15, -0.1) is 0 Å². The van der Waals surface area contributed by atoms with E-state index in [0.29, 0.717) is 21.7 Å². The number of nitrogens with zero attached hydrogens (tertiary/aromatic N) is 2. The van der Waals surface area contributed by atoms with Crippen LogP contribution in [0.4, 0.5) is 0 Å². The lowest BCUT2D eigenvalue weighted by Crippen LogP contribution is -2.54. The predicted molar refractivity (Wildman–Crippen MR) is 89.7 cm³/mol. The smallest absolute Gasteiger partial charge is 0.325 e. The van der Waals surface area contributed by atoms with Crippen LogP contribution in [0, 0.1) is 0 Å². The fourth-order valence-electron chi connectivity index (χ4n) is 3.15. The van der Waals surface area contributed by atoms with Crippen LogP contribution in [0.3, 0.4) is 0 Å². The molecular formula is C16H22Cl2N2O2. The second-order valence-electron chi connectivity index (χ2n) is 5.60. The average Bonchev–Trinajstić information content (AvgIpc) is 2.50. The zero-order chi connectivity index (χ0) is 16.3. The number of likely N-dealkylation sites (N-methyl/N-ethyl adjacent to an activating group) is 1. The summed E-state index contributed by atoms with van der Waals surface area (Å²) < 4.78 is 0. The topological polar surface area (TPSA) is 43.8 Å². The summed E-state index contributed by atoms with van der Waals surface area (Å²) in [5.41, 5.74) is 0.682. The van der Waals surface area contributed by atoms with Crippen molar-refractivity contribution in [2.24, 2.45) is 0 Å². The first-order chi connectivity index (χ1) is 10.5. The summed E-state index contributed by atoms with van der Waals surface area (Å²) in [6.45, 7) is 7.66. The van der Waals surface area contributed by atoms with Gasteiger partial charge in [0.2, 0.25) is 0 Å². The Balaban J connectivity index is 2.25. The summed E-state index contributed by atoms with van der Waals surface area (Å²) in [4.78, 5) is 16.2. The third-order valence-corrected chi connectivity index (χ3v) is 5.11. The van der Waals surface area contributed by atoms with Gasteiger partial charge in [0.15, 0.2) is 0 Å². The molecule has 1 aliphatic rings. The lowest BCUT2D eigenvalue weighted by Gasteiger charge is -2.43. The first-order valence-electron chi connectivity index (χ1n) is 7.63. The van der Waals surface area contributed by atoms with Gasteiger partial charge in [0.25, 0.3) is 0 Å². The molecule has 1 saturated heterocycles. The number of hydrogen-bond acceptors (Lipinski definition) is 3. The predicted octanol–water partition coefficient (Wildman–Crippen LogP) is 3.54. The van der Waals surface area contributed by atoms with Gasteiger partial charge in [0, 0.05) is 25.7 Å². The largest absolute Gasteiger partial charge is 0.480 e. The van der Waals surface area contributed by atoms with Crippen LogP contribution < -0.4 is 0 Å². The zero-order valence-electron chi connectivity index (χ0n) is 12.9. The van der Waals surface area contributed by atoms with Crippen LogP contribution in [0.5, 0.6) is 0 Å². The number of carbonyl (C=O) groups is 1. The van der Waals surface area contributed by atoms with E-state index in [1.807, 2.05) is 4.90 Å². The molecule has 1 aromatic rings. The van der Waals surface area contributed by atoms with Gasteiger partial charge >= 0.3 is 5.97 Å². The molecule has 0 radical (unpaired) electrons. The first-order valence-corrected chi connectivity index (χ1v) is 8.39. The molecule has 6 heteroatoms.